The standard InChI is InChI=1S/C30H27N3O5S/c1-18-26(28(34)32-20-11-6-5-7-12-20)27(22-15-14-21(36-2)17-24(22)38-4)33-29(35)25(39-30(33)31-18)16-19-10-8-9-13-23(19)37-3/h5-17,27H,1-4H3,(H,32,34)/b25-16-/t27-/m1/s1. The van der Waals surface area contributed by atoms with Gasteiger partial charge in [0, 0.05) is 22.9 Å². The van der Waals surface area contributed by atoms with E-state index in [4.69, 9.17) is 19.2 Å². The first-order valence-corrected chi connectivity index (χ1v) is 13.0. The molecule has 39 heavy (non-hydrogen) atoms. The van der Waals surface area contributed by atoms with Crippen LogP contribution in [0.3, 0.4) is 0 Å². The van der Waals surface area contributed by atoms with Gasteiger partial charge in [-0.1, -0.05) is 47.7 Å². The number of methoxy groups -OCH3 is 3. The smallest absolute Gasteiger partial charge is 0.271 e. The number of para-hydroxylation sites is 2. The normalized spacial score (nSPS) is 14.9. The number of carbonyl (C=O) groups excluding carboxylic acids is 1. The van der Waals surface area contributed by atoms with Crippen molar-refractivity contribution in [3.05, 3.63) is 115 Å². The van der Waals surface area contributed by atoms with E-state index < -0.39 is 6.04 Å². The molecule has 1 N–H and O–H groups in total. The summed E-state index contributed by atoms with van der Waals surface area (Å²) < 4.78 is 18.6. The highest BCUT2D eigenvalue weighted by atomic mass is 32.1. The van der Waals surface area contributed by atoms with Crippen LogP contribution in [0.25, 0.3) is 6.08 Å². The zero-order chi connectivity index (χ0) is 27.5. The van der Waals surface area contributed by atoms with Crippen molar-refractivity contribution in [2.24, 2.45) is 4.99 Å². The van der Waals surface area contributed by atoms with Crippen LogP contribution >= 0.6 is 11.3 Å². The number of hydrogen-bond acceptors (Lipinski definition) is 7. The van der Waals surface area contributed by atoms with Gasteiger partial charge in [0.2, 0.25) is 0 Å². The first kappa shape index (κ1) is 26.0. The van der Waals surface area contributed by atoms with Crippen LogP contribution in [-0.2, 0) is 4.79 Å². The SMILES string of the molecule is COc1ccc([C@@H]2C(C(=O)Nc3ccccc3)=C(C)N=c3s/c(=C\c4ccccc4OC)c(=O)n32)c(OC)c1. The van der Waals surface area contributed by atoms with E-state index in [9.17, 15) is 9.59 Å². The van der Waals surface area contributed by atoms with Crippen molar-refractivity contribution < 1.29 is 19.0 Å². The van der Waals surface area contributed by atoms with E-state index in [1.807, 2.05) is 48.5 Å². The molecule has 1 aliphatic heterocycles. The Balaban J connectivity index is 1.73. The number of nitrogens with zero attached hydrogens (tertiary/aromatic N) is 2. The van der Waals surface area contributed by atoms with Crippen LogP contribution < -0.4 is 34.4 Å². The number of hydrogen-bond donors (Lipinski definition) is 1. The molecule has 0 unspecified atom stereocenters. The summed E-state index contributed by atoms with van der Waals surface area (Å²) in [5.41, 5.74) is 2.62. The summed E-state index contributed by atoms with van der Waals surface area (Å²) in [6, 6.07) is 21.2. The summed E-state index contributed by atoms with van der Waals surface area (Å²) in [6.07, 6.45) is 1.79. The lowest BCUT2D eigenvalue weighted by atomic mass is 9.94. The van der Waals surface area contributed by atoms with E-state index in [0.717, 1.165) is 5.56 Å². The number of allylic oxidation sites excluding steroid dienone is 1. The van der Waals surface area contributed by atoms with Gasteiger partial charge < -0.3 is 19.5 Å². The fraction of sp³-hybridized carbons (Fsp3) is 0.167. The highest BCUT2D eigenvalue weighted by molar-refractivity contribution is 7.07. The molecule has 1 atom stereocenters. The zero-order valence-corrected chi connectivity index (χ0v) is 22.7. The van der Waals surface area contributed by atoms with Crippen LogP contribution in [0.4, 0.5) is 5.69 Å². The van der Waals surface area contributed by atoms with Crippen LogP contribution in [-0.4, -0.2) is 31.8 Å². The van der Waals surface area contributed by atoms with Gasteiger partial charge in [-0.2, -0.15) is 0 Å². The molecule has 1 aromatic heterocycles. The molecule has 8 nitrogen and oxygen atoms in total. The van der Waals surface area contributed by atoms with Crippen molar-refractivity contribution in [2.75, 3.05) is 26.6 Å². The third-order valence-electron chi connectivity index (χ3n) is 6.46. The average Bonchev–Trinajstić information content (AvgIpc) is 3.26. The Morgan fingerprint density at radius 3 is 2.38 bits per heavy atom. The van der Waals surface area contributed by atoms with Gasteiger partial charge in [-0.25, -0.2) is 4.99 Å². The minimum absolute atomic E-state index is 0.273. The lowest BCUT2D eigenvalue weighted by Crippen LogP contribution is -2.40. The number of rotatable bonds is 7. The number of anilines is 1. The number of carbonyl (C=O) groups is 1. The molecular formula is C30H27N3O5S. The Labute approximate surface area is 229 Å². The fourth-order valence-corrected chi connectivity index (χ4v) is 5.63. The van der Waals surface area contributed by atoms with E-state index >= 15 is 0 Å². The number of amides is 1. The van der Waals surface area contributed by atoms with Crippen molar-refractivity contribution in [1.29, 1.82) is 0 Å². The van der Waals surface area contributed by atoms with Crippen molar-refractivity contribution in [1.82, 2.24) is 4.57 Å². The Morgan fingerprint density at radius 2 is 1.67 bits per heavy atom. The summed E-state index contributed by atoms with van der Waals surface area (Å²) >= 11 is 1.26. The quantitative estimate of drug-likeness (QED) is 0.383. The van der Waals surface area contributed by atoms with E-state index in [-0.39, 0.29) is 11.5 Å². The molecular weight excluding hydrogens is 514 g/mol. The summed E-state index contributed by atoms with van der Waals surface area (Å²) in [5, 5.41) is 2.96. The molecule has 0 spiro atoms. The Morgan fingerprint density at radius 1 is 0.949 bits per heavy atom. The van der Waals surface area contributed by atoms with E-state index in [0.29, 0.717) is 49.1 Å². The van der Waals surface area contributed by atoms with Crippen molar-refractivity contribution >= 4 is 29.0 Å². The molecule has 0 radical (unpaired) electrons. The first-order chi connectivity index (χ1) is 18.9. The van der Waals surface area contributed by atoms with Crippen LogP contribution in [0, 0.1) is 0 Å². The molecule has 1 amide bonds. The number of fused-ring (bicyclic) bond motifs is 1. The minimum atomic E-state index is -0.786. The molecule has 0 fully saturated rings. The topological polar surface area (TPSA) is 91.2 Å². The van der Waals surface area contributed by atoms with Gasteiger partial charge in [0.05, 0.1) is 37.1 Å². The lowest BCUT2D eigenvalue weighted by molar-refractivity contribution is -0.113. The summed E-state index contributed by atoms with van der Waals surface area (Å²) in [5.74, 6) is 1.37. The average molecular weight is 542 g/mol. The fourth-order valence-electron chi connectivity index (χ4n) is 4.60. The number of aromatic nitrogens is 1. The highest BCUT2D eigenvalue weighted by Gasteiger charge is 2.34. The van der Waals surface area contributed by atoms with Gasteiger partial charge >= 0.3 is 0 Å². The lowest BCUT2D eigenvalue weighted by Gasteiger charge is -2.26. The molecule has 0 aliphatic carbocycles. The molecule has 3 aromatic carbocycles. The van der Waals surface area contributed by atoms with Crippen LogP contribution in [0.5, 0.6) is 17.2 Å². The van der Waals surface area contributed by atoms with Crippen LogP contribution in [0.15, 0.2) is 93.9 Å². The Bertz CT molecular complexity index is 1760. The van der Waals surface area contributed by atoms with Gasteiger partial charge in [0.1, 0.15) is 23.3 Å². The van der Waals surface area contributed by atoms with Crippen molar-refractivity contribution in [3.8, 4) is 17.2 Å². The molecule has 0 saturated carbocycles. The molecule has 1 aliphatic rings. The van der Waals surface area contributed by atoms with Gasteiger partial charge in [0.15, 0.2) is 4.80 Å². The molecule has 198 valence electrons. The second-order valence-corrected chi connectivity index (χ2v) is 9.76. The number of nitrogens with one attached hydrogen (secondary N) is 1. The van der Waals surface area contributed by atoms with E-state index in [1.54, 1.807) is 63.2 Å². The Hall–Kier alpha value is -4.63. The molecule has 2 heterocycles. The maximum absolute atomic E-state index is 14.0. The second-order valence-electron chi connectivity index (χ2n) is 8.75. The van der Waals surface area contributed by atoms with Crippen LogP contribution in [0.2, 0.25) is 0 Å². The summed E-state index contributed by atoms with van der Waals surface area (Å²) in [4.78, 5) is 32.9. The Kier molecular flexibility index (Phi) is 7.33. The maximum Gasteiger partial charge on any atom is 0.271 e. The molecule has 0 bridgehead atoms. The molecule has 4 aromatic rings. The third kappa shape index (κ3) is 4.96. The third-order valence-corrected chi connectivity index (χ3v) is 7.44. The van der Waals surface area contributed by atoms with Crippen molar-refractivity contribution in [2.45, 2.75) is 13.0 Å². The van der Waals surface area contributed by atoms with Crippen LogP contribution in [0.1, 0.15) is 24.1 Å². The maximum atomic E-state index is 14.0. The number of benzene rings is 3. The van der Waals surface area contributed by atoms with Gasteiger partial charge in [-0.05, 0) is 43.3 Å². The predicted molar refractivity (Wildman–Crippen MR) is 151 cm³/mol. The van der Waals surface area contributed by atoms with Gasteiger partial charge in [-0.15, -0.1) is 0 Å². The number of ether oxygens (including phenoxy) is 3. The van der Waals surface area contributed by atoms with Gasteiger partial charge in [0.25, 0.3) is 11.5 Å². The molecule has 5 rings (SSSR count). The zero-order valence-electron chi connectivity index (χ0n) is 21.9. The minimum Gasteiger partial charge on any atom is -0.497 e. The van der Waals surface area contributed by atoms with E-state index in [1.165, 1.54) is 11.3 Å². The largest absolute Gasteiger partial charge is 0.497 e. The highest BCUT2D eigenvalue weighted by Crippen LogP contribution is 2.37. The first-order valence-electron chi connectivity index (χ1n) is 12.2. The molecule has 9 heteroatoms. The van der Waals surface area contributed by atoms with Gasteiger partial charge in [-0.3, -0.25) is 14.2 Å². The number of thiazole rings is 1. The monoisotopic (exact) mass is 541 g/mol. The molecule has 0 saturated heterocycles. The summed E-state index contributed by atoms with van der Waals surface area (Å²) in [7, 11) is 4.70. The van der Waals surface area contributed by atoms with E-state index in [2.05, 4.69) is 5.32 Å². The predicted octanol–water partition coefficient (Wildman–Crippen LogP) is 3.90. The summed E-state index contributed by atoms with van der Waals surface area (Å²) in [6.45, 7) is 1.78. The second kappa shape index (κ2) is 11.0. The van der Waals surface area contributed by atoms with Crippen molar-refractivity contribution in [3.63, 3.8) is 0 Å².